The summed E-state index contributed by atoms with van der Waals surface area (Å²) in [6.45, 7) is 12.3. The molecule has 0 unspecified atom stereocenters. The van der Waals surface area contributed by atoms with E-state index >= 15 is 0 Å². The molecule has 4 nitrogen and oxygen atoms in total. The maximum absolute atomic E-state index is 11.7. The lowest BCUT2D eigenvalue weighted by molar-refractivity contribution is -0.142. The Morgan fingerprint density at radius 3 is 2.00 bits per heavy atom. The van der Waals surface area contributed by atoms with Gasteiger partial charge >= 0.3 is 5.97 Å². The highest BCUT2D eigenvalue weighted by atomic mass is 35.5. The Morgan fingerprint density at radius 2 is 1.64 bits per heavy atom. The minimum atomic E-state index is -0.988. The molecule has 0 heterocycles. The number of benzene rings is 1. The molecule has 0 saturated carbocycles. The molecule has 1 aromatic carbocycles. The SMILES string of the molecule is COC(=O)[C@H](N)c1cc(C(C)(C)C)cc(C(C)(C)C)c1O.Cl. The fraction of sp³-hybridized carbons (Fsp3) is 0.588. The Kier molecular flexibility index (Phi) is 6.49. The second-order valence-corrected chi connectivity index (χ2v) is 7.46. The fourth-order valence-electron chi connectivity index (χ4n) is 2.15. The second kappa shape index (κ2) is 6.88. The van der Waals surface area contributed by atoms with Gasteiger partial charge in [0.15, 0.2) is 0 Å². The molecule has 0 saturated heterocycles. The van der Waals surface area contributed by atoms with Crippen LogP contribution in [0.25, 0.3) is 0 Å². The van der Waals surface area contributed by atoms with Gasteiger partial charge in [-0.05, 0) is 28.0 Å². The van der Waals surface area contributed by atoms with Crippen LogP contribution in [0, 0.1) is 0 Å². The topological polar surface area (TPSA) is 72.5 Å². The zero-order valence-electron chi connectivity index (χ0n) is 14.5. The molecule has 0 spiro atoms. The molecule has 0 aromatic heterocycles. The number of phenolic OH excluding ortho intramolecular Hbond substituents is 1. The van der Waals surface area contributed by atoms with Crippen molar-refractivity contribution in [3.05, 3.63) is 28.8 Å². The standard InChI is InChI=1S/C17H27NO3.ClH/c1-16(2,3)10-8-11(13(18)15(20)21-7)14(19)12(9-10)17(4,5)6;/h8-9,13,19H,18H2,1-7H3;1H/t13-;/m1./s1. The normalized spacial score (nSPS) is 13.3. The third kappa shape index (κ3) is 4.37. The summed E-state index contributed by atoms with van der Waals surface area (Å²) in [5.41, 5.74) is 7.80. The van der Waals surface area contributed by atoms with Crippen molar-refractivity contribution < 1.29 is 14.6 Å². The summed E-state index contributed by atoms with van der Waals surface area (Å²) in [4.78, 5) is 11.7. The van der Waals surface area contributed by atoms with Gasteiger partial charge in [0.1, 0.15) is 11.8 Å². The molecular formula is C17H28ClNO3. The number of aromatic hydroxyl groups is 1. The number of carbonyl (C=O) groups is 1. The molecular weight excluding hydrogens is 302 g/mol. The molecule has 0 aliphatic heterocycles. The number of methoxy groups -OCH3 is 1. The molecule has 0 fully saturated rings. The van der Waals surface area contributed by atoms with Gasteiger partial charge in [-0.15, -0.1) is 12.4 Å². The van der Waals surface area contributed by atoms with Gasteiger partial charge in [0, 0.05) is 5.56 Å². The lowest BCUT2D eigenvalue weighted by Crippen LogP contribution is -2.25. The van der Waals surface area contributed by atoms with Gasteiger partial charge in [-0.1, -0.05) is 47.6 Å². The number of hydrogen-bond acceptors (Lipinski definition) is 4. The molecule has 0 radical (unpaired) electrons. The van der Waals surface area contributed by atoms with E-state index in [1.165, 1.54) is 7.11 Å². The Labute approximate surface area is 139 Å². The first-order valence-electron chi connectivity index (χ1n) is 7.11. The number of carbonyl (C=O) groups excluding carboxylic acids is 1. The highest BCUT2D eigenvalue weighted by Gasteiger charge is 2.29. The maximum atomic E-state index is 11.7. The summed E-state index contributed by atoms with van der Waals surface area (Å²) >= 11 is 0. The lowest BCUT2D eigenvalue weighted by atomic mass is 9.78. The monoisotopic (exact) mass is 329 g/mol. The van der Waals surface area contributed by atoms with E-state index in [2.05, 4.69) is 20.8 Å². The molecule has 1 rings (SSSR count). The molecule has 0 aliphatic carbocycles. The van der Waals surface area contributed by atoms with E-state index < -0.39 is 12.0 Å². The highest BCUT2D eigenvalue weighted by molar-refractivity contribution is 5.85. The molecule has 126 valence electrons. The number of phenols is 1. The van der Waals surface area contributed by atoms with Crippen molar-refractivity contribution in [1.82, 2.24) is 0 Å². The molecule has 3 N–H and O–H groups in total. The van der Waals surface area contributed by atoms with E-state index in [4.69, 9.17) is 10.5 Å². The number of esters is 1. The van der Waals surface area contributed by atoms with E-state index in [1.54, 1.807) is 6.07 Å². The molecule has 5 heteroatoms. The first kappa shape index (κ1) is 20.7. The molecule has 0 aliphatic rings. The van der Waals surface area contributed by atoms with Crippen molar-refractivity contribution in [1.29, 1.82) is 0 Å². The number of hydrogen-bond donors (Lipinski definition) is 2. The van der Waals surface area contributed by atoms with E-state index in [0.29, 0.717) is 5.56 Å². The Bertz CT molecular complexity index is 542. The van der Waals surface area contributed by atoms with Crippen molar-refractivity contribution in [2.75, 3.05) is 7.11 Å². The summed E-state index contributed by atoms with van der Waals surface area (Å²) in [6.07, 6.45) is 0. The Hall–Kier alpha value is -1.26. The summed E-state index contributed by atoms with van der Waals surface area (Å²) in [6, 6.07) is 2.80. The second-order valence-electron chi connectivity index (χ2n) is 7.46. The smallest absolute Gasteiger partial charge is 0.327 e. The van der Waals surface area contributed by atoms with Crippen molar-refractivity contribution in [2.45, 2.75) is 58.4 Å². The number of halogens is 1. The van der Waals surface area contributed by atoms with E-state index in [-0.39, 0.29) is 29.0 Å². The van der Waals surface area contributed by atoms with Crippen molar-refractivity contribution in [3.8, 4) is 5.75 Å². The molecule has 1 atom stereocenters. The van der Waals surface area contributed by atoms with Crippen LogP contribution in [0.1, 0.15) is 64.3 Å². The van der Waals surface area contributed by atoms with Gasteiger partial charge in [0.25, 0.3) is 0 Å². The van der Waals surface area contributed by atoms with Gasteiger partial charge in [-0.2, -0.15) is 0 Å². The van der Waals surface area contributed by atoms with Crippen LogP contribution >= 0.6 is 12.4 Å². The van der Waals surface area contributed by atoms with Gasteiger partial charge in [-0.25, -0.2) is 0 Å². The molecule has 0 amide bonds. The van der Waals surface area contributed by atoms with Gasteiger partial charge in [-0.3, -0.25) is 4.79 Å². The number of ether oxygens (including phenoxy) is 1. The maximum Gasteiger partial charge on any atom is 0.327 e. The van der Waals surface area contributed by atoms with Crippen LogP contribution in [0.15, 0.2) is 12.1 Å². The first-order chi connectivity index (χ1) is 9.39. The average Bonchev–Trinajstić information content (AvgIpc) is 2.34. The summed E-state index contributed by atoms with van der Waals surface area (Å²) < 4.78 is 4.70. The third-order valence-electron chi connectivity index (χ3n) is 3.60. The minimum Gasteiger partial charge on any atom is -0.507 e. The molecule has 1 aromatic rings. The van der Waals surface area contributed by atoms with Crippen LogP contribution < -0.4 is 5.73 Å². The average molecular weight is 330 g/mol. The van der Waals surface area contributed by atoms with Gasteiger partial charge in [0.2, 0.25) is 0 Å². The first-order valence-corrected chi connectivity index (χ1v) is 7.11. The minimum absolute atomic E-state index is 0. The summed E-state index contributed by atoms with van der Waals surface area (Å²) in [5.74, 6) is -0.482. The van der Waals surface area contributed by atoms with Crippen LogP contribution in [0.2, 0.25) is 0 Å². The fourth-order valence-corrected chi connectivity index (χ4v) is 2.15. The molecule has 0 bridgehead atoms. The van der Waals surface area contributed by atoms with Crippen LogP contribution in [-0.2, 0) is 20.4 Å². The highest BCUT2D eigenvalue weighted by Crippen LogP contribution is 2.39. The zero-order chi connectivity index (χ0) is 16.6. The predicted octanol–water partition coefficient (Wildman–Crippen LogP) is 3.58. The zero-order valence-corrected chi connectivity index (χ0v) is 15.3. The molecule has 22 heavy (non-hydrogen) atoms. The number of rotatable bonds is 2. The van der Waals surface area contributed by atoms with Crippen LogP contribution in [0.4, 0.5) is 0 Å². The summed E-state index contributed by atoms with van der Waals surface area (Å²) in [5, 5.41) is 10.5. The largest absolute Gasteiger partial charge is 0.507 e. The lowest BCUT2D eigenvalue weighted by Gasteiger charge is -2.28. The van der Waals surface area contributed by atoms with Gasteiger partial charge in [0.05, 0.1) is 7.11 Å². The van der Waals surface area contributed by atoms with Gasteiger partial charge < -0.3 is 15.6 Å². The quantitative estimate of drug-likeness (QED) is 0.813. The Morgan fingerprint density at radius 1 is 1.14 bits per heavy atom. The number of nitrogens with two attached hydrogens (primary N) is 1. The van der Waals surface area contributed by atoms with Crippen molar-refractivity contribution in [2.24, 2.45) is 5.73 Å². The Balaban J connectivity index is 0.00000441. The van der Waals surface area contributed by atoms with E-state index in [1.807, 2.05) is 26.8 Å². The predicted molar refractivity (Wildman–Crippen MR) is 91.7 cm³/mol. The third-order valence-corrected chi connectivity index (χ3v) is 3.60. The van der Waals surface area contributed by atoms with E-state index in [9.17, 15) is 9.90 Å². The van der Waals surface area contributed by atoms with Crippen molar-refractivity contribution in [3.63, 3.8) is 0 Å². The van der Waals surface area contributed by atoms with E-state index in [0.717, 1.165) is 11.1 Å². The van der Waals surface area contributed by atoms with Crippen LogP contribution in [0.5, 0.6) is 5.75 Å². The van der Waals surface area contributed by atoms with Crippen LogP contribution in [0.3, 0.4) is 0 Å². The van der Waals surface area contributed by atoms with Crippen LogP contribution in [-0.4, -0.2) is 18.2 Å². The van der Waals surface area contributed by atoms with Crippen molar-refractivity contribution >= 4 is 18.4 Å². The summed E-state index contributed by atoms with van der Waals surface area (Å²) in [7, 11) is 1.29.